The molecule has 0 aliphatic rings. The van der Waals surface area contributed by atoms with Crippen LogP contribution in [0.4, 0.5) is 0 Å². The molecule has 0 fully saturated rings. The molecule has 0 aliphatic heterocycles. The molecule has 0 saturated carbocycles. The third kappa shape index (κ3) is 3.78. The monoisotopic (exact) mass is 254 g/mol. The first-order valence-corrected chi connectivity index (χ1v) is 6.47. The van der Waals surface area contributed by atoms with Crippen LogP contribution in [-0.4, -0.2) is 31.0 Å². The largest absolute Gasteiger partial charge is 0.389 e. The summed E-state index contributed by atoms with van der Waals surface area (Å²) in [5.74, 6) is 1.44. The molecule has 0 aromatic carbocycles. The summed E-state index contributed by atoms with van der Waals surface area (Å²) in [6.45, 7) is 13.3. The normalized spacial score (nSPS) is 13.3. The van der Waals surface area contributed by atoms with Crippen LogP contribution in [-0.2, 0) is 13.1 Å². The summed E-state index contributed by atoms with van der Waals surface area (Å²) in [5.41, 5.74) is -1.18. The first-order valence-electron chi connectivity index (χ1n) is 6.47. The second kappa shape index (κ2) is 5.36. The van der Waals surface area contributed by atoms with Gasteiger partial charge in [0.05, 0.1) is 12.1 Å². The standard InChI is InChI=1S/C13H26N4O/c1-10(2)8-17-11(14-9-16-17)7-15-12(3,4)13(5,6)18/h9-10,15,18H,7-8H2,1-6H3. The highest BCUT2D eigenvalue weighted by Gasteiger charge is 2.34. The minimum absolute atomic E-state index is 0.387. The molecule has 0 spiro atoms. The van der Waals surface area contributed by atoms with Crippen molar-refractivity contribution < 1.29 is 5.11 Å². The highest BCUT2D eigenvalue weighted by molar-refractivity contribution is 4.96. The van der Waals surface area contributed by atoms with Gasteiger partial charge in [-0.2, -0.15) is 5.10 Å². The van der Waals surface area contributed by atoms with E-state index in [1.165, 1.54) is 0 Å². The quantitative estimate of drug-likeness (QED) is 0.809. The average molecular weight is 254 g/mol. The van der Waals surface area contributed by atoms with E-state index in [2.05, 4.69) is 29.2 Å². The summed E-state index contributed by atoms with van der Waals surface area (Å²) in [7, 11) is 0. The van der Waals surface area contributed by atoms with Crippen molar-refractivity contribution in [3.8, 4) is 0 Å². The maximum atomic E-state index is 10.1. The van der Waals surface area contributed by atoms with Crippen LogP contribution in [0.1, 0.15) is 47.4 Å². The van der Waals surface area contributed by atoms with Crippen molar-refractivity contribution in [2.24, 2.45) is 5.92 Å². The Balaban J connectivity index is 2.67. The van der Waals surface area contributed by atoms with Gasteiger partial charge in [-0.25, -0.2) is 9.67 Å². The number of nitrogens with one attached hydrogen (secondary N) is 1. The summed E-state index contributed by atoms with van der Waals surface area (Å²) in [6, 6.07) is 0. The zero-order chi connectivity index (χ0) is 14.0. The van der Waals surface area contributed by atoms with Crippen LogP contribution in [0.2, 0.25) is 0 Å². The molecule has 0 aliphatic carbocycles. The van der Waals surface area contributed by atoms with Crippen molar-refractivity contribution in [1.29, 1.82) is 0 Å². The molecule has 1 aromatic rings. The lowest BCUT2D eigenvalue weighted by Gasteiger charge is -2.38. The number of aliphatic hydroxyl groups is 1. The molecule has 0 amide bonds. The van der Waals surface area contributed by atoms with Crippen LogP contribution >= 0.6 is 0 Å². The minimum Gasteiger partial charge on any atom is -0.389 e. The van der Waals surface area contributed by atoms with E-state index < -0.39 is 5.60 Å². The van der Waals surface area contributed by atoms with Crippen LogP contribution in [0.5, 0.6) is 0 Å². The van der Waals surface area contributed by atoms with Crippen LogP contribution in [0.3, 0.4) is 0 Å². The lowest BCUT2D eigenvalue weighted by molar-refractivity contribution is -0.00578. The first-order chi connectivity index (χ1) is 8.13. The average Bonchev–Trinajstić information content (AvgIpc) is 2.59. The van der Waals surface area contributed by atoms with Crippen molar-refractivity contribution in [3.63, 3.8) is 0 Å². The van der Waals surface area contributed by atoms with E-state index in [1.54, 1.807) is 20.2 Å². The first kappa shape index (κ1) is 15.1. The van der Waals surface area contributed by atoms with Gasteiger partial charge in [-0.1, -0.05) is 13.8 Å². The van der Waals surface area contributed by atoms with Crippen molar-refractivity contribution in [3.05, 3.63) is 12.2 Å². The van der Waals surface area contributed by atoms with Gasteiger partial charge >= 0.3 is 0 Å². The number of hydrogen-bond donors (Lipinski definition) is 2. The Morgan fingerprint density at radius 3 is 2.44 bits per heavy atom. The molecule has 1 rings (SSSR count). The summed E-state index contributed by atoms with van der Waals surface area (Å²) < 4.78 is 1.91. The van der Waals surface area contributed by atoms with Crippen molar-refractivity contribution in [2.45, 2.75) is 65.8 Å². The van der Waals surface area contributed by atoms with Gasteiger partial charge in [0.1, 0.15) is 12.2 Å². The van der Waals surface area contributed by atoms with E-state index >= 15 is 0 Å². The van der Waals surface area contributed by atoms with Crippen LogP contribution < -0.4 is 5.32 Å². The Morgan fingerprint density at radius 1 is 1.33 bits per heavy atom. The minimum atomic E-state index is -0.796. The lowest BCUT2D eigenvalue weighted by atomic mass is 9.86. The van der Waals surface area contributed by atoms with Gasteiger partial charge < -0.3 is 10.4 Å². The van der Waals surface area contributed by atoms with Crippen LogP contribution in [0, 0.1) is 5.92 Å². The highest BCUT2D eigenvalue weighted by Crippen LogP contribution is 2.20. The number of aromatic nitrogens is 3. The van der Waals surface area contributed by atoms with Crippen molar-refractivity contribution in [2.75, 3.05) is 0 Å². The van der Waals surface area contributed by atoms with E-state index in [0.717, 1.165) is 12.4 Å². The number of hydrogen-bond acceptors (Lipinski definition) is 4. The molecule has 5 heteroatoms. The van der Waals surface area contributed by atoms with Gasteiger partial charge in [0.25, 0.3) is 0 Å². The van der Waals surface area contributed by atoms with E-state index in [9.17, 15) is 5.11 Å². The lowest BCUT2D eigenvalue weighted by Crippen LogP contribution is -2.55. The van der Waals surface area contributed by atoms with Gasteiger partial charge in [0, 0.05) is 12.1 Å². The second-order valence-electron chi connectivity index (χ2n) is 6.29. The van der Waals surface area contributed by atoms with Gasteiger partial charge in [-0.05, 0) is 33.6 Å². The maximum absolute atomic E-state index is 10.1. The molecule has 1 heterocycles. The Morgan fingerprint density at radius 2 is 1.94 bits per heavy atom. The Labute approximate surface area is 110 Å². The topological polar surface area (TPSA) is 63.0 Å². The molecule has 18 heavy (non-hydrogen) atoms. The molecule has 0 unspecified atom stereocenters. The molecule has 1 aromatic heterocycles. The zero-order valence-electron chi connectivity index (χ0n) is 12.4. The van der Waals surface area contributed by atoms with Gasteiger partial charge in [-0.3, -0.25) is 0 Å². The third-order valence-electron chi connectivity index (χ3n) is 3.45. The molecular formula is C13H26N4O. The Kier molecular flexibility index (Phi) is 4.50. The molecular weight excluding hydrogens is 228 g/mol. The Bertz CT molecular complexity index is 377. The Hall–Kier alpha value is -0.940. The fraction of sp³-hybridized carbons (Fsp3) is 0.846. The molecule has 0 bridgehead atoms. The van der Waals surface area contributed by atoms with E-state index in [4.69, 9.17) is 0 Å². The summed E-state index contributed by atoms with van der Waals surface area (Å²) in [5, 5.41) is 17.6. The predicted octanol–water partition coefficient (Wildman–Crippen LogP) is 1.57. The molecule has 104 valence electrons. The highest BCUT2D eigenvalue weighted by atomic mass is 16.3. The summed E-state index contributed by atoms with van der Waals surface area (Å²) in [4.78, 5) is 4.26. The molecule has 0 atom stereocenters. The fourth-order valence-corrected chi connectivity index (χ4v) is 1.44. The maximum Gasteiger partial charge on any atom is 0.140 e. The predicted molar refractivity (Wildman–Crippen MR) is 72.1 cm³/mol. The summed E-state index contributed by atoms with van der Waals surface area (Å²) in [6.07, 6.45) is 1.58. The number of nitrogens with zero attached hydrogens (tertiary/aromatic N) is 3. The van der Waals surface area contributed by atoms with Crippen LogP contribution in [0.25, 0.3) is 0 Å². The molecule has 0 saturated heterocycles. The second-order valence-corrected chi connectivity index (χ2v) is 6.29. The molecule has 0 radical (unpaired) electrons. The van der Waals surface area contributed by atoms with Crippen molar-refractivity contribution >= 4 is 0 Å². The summed E-state index contributed by atoms with van der Waals surface area (Å²) >= 11 is 0. The van der Waals surface area contributed by atoms with Gasteiger partial charge in [0.2, 0.25) is 0 Å². The SMILES string of the molecule is CC(C)Cn1ncnc1CNC(C)(C)C(C)(C)O. The van der Waals surface area contributed by atoms with E-state index in [1.807, 2.05) is 18.5 Å². The van der Waals surface area contributed by atoms with E-state index in [0.29, 0.717) is 12.5 Å². The fourth-order valence-electron chi connectivity index (χ4n) is 1.44. The van der Waals surface area contributed by atoms with E-state index in [-0.39, 0.29) is 5.54 Å². The molecule has 5 nitrogen and oxygen atoms in total. The number of rotatable bonds is 6. The third-order valence-corrected chi connectivity index (χ3v) is 3.45. The smallest absolute Gasteiger partial charge is 0.140 e. The molecule has 2 N–H and O–H groups in total. The zero-order valence-corrected chi connectivity index (χ0v) is 12.4. The van der Waals surface area contributed by atoms with Gasteiger partial charge in [0.15, 0.2) is 0 Å². The van der Waals surface area contributed by atoms with Crippen molar-refractivity contribution in [1.82, 2.24) is 20.1 Å². The van der Waals surface area contributed by atoms with Crippen LogP contribution in [0.15, 0.2) is 6.33 Å². The van der Waals surface area contributed by atoms with Gasteiger partial charge in [-0.15, -0.1) is 0 Å².